The molecular formula is C17H16N2S. The zero-order valence-electron chi connectivity index (χ0n) is 11.3. The van der Waals surface area contributed by atoms with E-state index in [0.717, 1.165) is 15.7 Å². The Morgan fingerprint density at radius 1 is 0.900 bits per heavy atom. The van der Waals surface area contributed by atoms with Crippen LogP contribution in [0.3, 0.4) is 0 Å². The maximum Gasteiger partial charge on any atom is 0.110 e. The van der Waals surface area contributed by atoms with Crippen LogP contribution in [0, 0.1) is 6.92 Å². The van der Waals surface area contributed by atoms with Crippen molar-refractivity contribution in [3.8, 4) is 0 Å². The van der Waals surface area contributed by atoms with E-state index in [0.29, 0.717) is 0 Å². The van der Waals surface area contributed by atoms with Crippen molar-refractivity contribution in [2.24, 2.45) is 0 Å². The fourth-order valence-corrected chi connectivity index (χ4v) is 3.20. The fourth-order valence-electron chi connectivity index (χ4n) is 2.46. The molecule has 20 heavy (non-hydrogen) atoms. The van der Waals surface area contributed by atoms with Gasteiger partial charge in [0.05, 0.1) is 16.6 Å². The second-order valence-electron chi connectivity index (χ2n) is 4.74. The Balaban J connectivity index is 2.16. The third kappa shape index (κ3) is 2.45. The van der Waals surface area contributed by atoms with Gasteiger partial charge in [-0.3, -0.25) is 0 Å². The first-order valence-corrected chi connectivity index (χ1v) is 7.40. The highest BCUT2D eigenvalue weighted by Gasteiger charge is 2.21. The minimum atomic E-state index is 0.0994. The topological polar surface area (TPSA) is 38.9 Å². The molecule has 0 fully saturated rings. The van der Waals surface area contributed by atoms with Crippen LogP contribution in [0.15, 0.2) is 60.7 Å². The lowest BCUT2D eigenvalue weighted by Crippen LogP contribution is -2.06. The number of anilines is 1. The number of nitrogens with two attached hydrogens (primary N) is 1. The summed E-state index contributed by atoms with van der Waals surface area (Å²) in [6, 6.07) is 20.8. The van der Waals surface area contributed by atoms with Crippen molar-refractivity contribution in [3.63, 3.8) is 0 Å². The van der Waals surface area contributed by atoms with E-state index < -0.39 is 0 Å². The van der Waals surface area contributed by atoms with Crippen molar-refractivity contribution in [1.82, 2.24) is 4.98 Å². The molecule has 0 saturated heterocycles. The maximum atomic E-state index is 6.17. The number of rotatable bonds is 3. The van der Waals surface area contributed by atoms with Crippen molar-refractivity contribution in [1.29, 1.82) is 0 Å². The molecule has 0 aliphatic rings. The van der Waals surface area contributed by atoms with Crippen LogP contribution >= 0.6 is 11.3 Å². The molecule has 2 aromatic carbocycles. The van der Waals surface area contributed by atoms with Gasteiger partial charge in [0.15, 0.2) is 0 Å². The first kappa shape index (κ1) is 12.9. The standard InChI is InChI=1S/C17H16N2S/c1-12-19-16(17(18)20-12)15(13-8-4-2-5-9-13)14-10-6-3-7-11-14/h2-11,15H,18H2,1H3. The van der Waals surface area contributed by atoms with Gasteiger partial charge < -0.3 is 5.73 Å². The van der Waals surface area contributed by atoms with E-state index in [9.17, 15) is 0 Å². The average molecular weight is 280 g/mol. The summed E-state index contributed by atoms with van der Waals surface area (Å²) in [4.78, 5) is 4.66. The smallest absolute Gasteiger partial charge is 0.110 e. The molecule has 2 N–H and O–H groups in total. The number of nitrogens with zero attached hydrogens (tertiary/aromatic N) is 1. The Hall–Kier alpha value is -2.13. The average Bonchev–Trinajstić information content (AvgIpc) is 2.80. The Morgan fingerprint density at radius 3 is 1.80 bits per heavy atom. The van der Waals surface area contributed by atoms with Crippen LogP contribution < -0.4 is 5.73 Å². The predicted octanol–water partition coefficient (Wildman–Crippen LogP) is 4.21. The van der Waals surface area contributed by atoms with Gasteiger partial charge in [0.1, 0.15) is 5.00 Å². The Morgan fingerprint density at radius 2 is 1.40 bits per heavy atom. The van der Waals surface area contributed by atoms with E-state index in [-0.39, 0.29) is 5.92 Å². The number of aryl methyl sites for hydroxylation is 1. The molecule has 0 amide bonds. The van der Waals surface area contributed by atoms with E-state index in [4.69, 9.17) is 5.73 Å². The van der Waals surface area contributed by atoms with E-state index in [1.165, 1.54) is 11.1 Å². The van der Waals surface area contributed by atoms with Gasteiger partial charge in [-0.15, -0.1) is 11.3 Å². The fraction of sp³-hybridized carbons (Fsp3) is 0.118. The Kier molecular flexibility index (Phi) is 3.52. The first-order valence-electron chi connectivity index (χ1n) is 6.58. The van der Waals surface area contributed by atoms with Crippen LogP contribution in [0.25, 0.3) is 0 Å². The third-order valence-corrected chi connectivity index (χ3v) is 4.14. The molecule has 0 saturated carbocycles. The summed E-state index contributed by atoms with van der Waals surface area (Å²) in [5.74, 6) is 0.0994. The number of aromatic nitrogens is 1. The molecule has 0 radical (unpaired) electrons. The lowest BCUT2D eigenvalue weighted by molar-refractivity contribution is 0.929. The van der Waals surface area contributed by atoms with Crippen LogP contribution in [-0.2, 0) is 0 Å². The van der Waals surface area contributed by atoms with Gasteiger partial charge in [-0.25, -0.2) is 4.98 Å². The summed E-state index contributed by atoms with van der Waals surface area (Å²) in [7, 11) is 0. The first-order chi connectivity index (χ1) is 9.75. The van der Waals surface area contributed by atoms with Crippen LogP contribution in [0.1, 0.15) is 27.7 Å². The number of hydrogen-bond acceptors (Lipinski definition) is 3. The molecule has 0 bridgehead atoms. The highest BCUT2D eigenvalue weighted by Crippen LogP contribution is 2.36. The van der Waals surface area contributed by atoms with E-state index in [1.807, 2.05) is 19.1 Å². The van der Waals surface area contributed by atoms with Crippen molar-refractivity contribution in [3.05, 3.63) is 82.5 Å². The van der Waals surface area contributed by atoms with Crippen molar-refractivity contribution in [2.45, 2.75) is 12.8 Å². The van der Waals surface area contributed by atoms with Gasteiger partial charge >= 0.3 is 0 Å². The monoisotopic (exact) mass is 280 g/mol. The van der Waals surface area contributed by atoms with Gasteiger partial charge in [0.25, 0.3) is 0 Å². The lowest BCUT2D eigenvalue weighted by Gasteiger charge is -2.16. The molecule has 1 heterocycles. The van der Waals surface area contributed by atoms with Gasteiger partial charge in [-0.1, -0.05) is 60.7 Å². The molecule has 2 nitrogen and oxygen atoms in total. The predicted molar refractivity (Wildman–Crippen MR) is 85.1 cm³/mol. The number of hydrogen-bond donors (Lipinski definition) is 1. The third-order valence-electron chi connectivity index (χ3n) is 3.33. The van der Waals surface area contributed by atoms with E-state index >= 15 is 0 Å². The van der Waals surface area contributed by atoms with Gasteiger partial charge in [-0.2, -0.15) is 0 Å². The van der Waals surface area contributed by atoms with Gasteiger partial charge in [0, 0.05) is 0 Å². The van der Waals surface area contributed by atoms with Crippen molar-refractivity contribution < 1.29 is 0 Å². The summed E-state index contributed by atoms with van der Waals surface area (Å²) < 4.78 is 0. The van der Waals surface area contributed by atoms with Gasteiger partial charge in [0.2, 0.25) is 0 Å². The molecule has 0 aliphatic carbocycles. The molecule has 3 aromatic rings. The molecule has 0 unspecified atom stereocenters. The highest BCUT2D eigenvalue weighted by molar-refractivity contribution is 7.15. The Labute approximate surface area is 122 Å². The molecule has 0 aliphatic heterocycles. The molecule has 3 rings (SSSR count). The minimum absolute atomic E-state index is 0.0994. The number of benzene rings is 2. The number of nitrogen functional groups attached to an aromatic ring is 1. The van der Waals surface area contributed by atoms with Crippen molar-refractivity contribution >= 4 is 16.3 Å². The summed E-state index contributed by atoms with van der Waals surface area (Å²) in [5.41, 5.74) is 9.57. The molecular weight excluding hydrogens is 264 g/mol. The van der Waals surface area contributed by atoms with Crippen LogP contribution in [-0.4, -0.2) is 4.98 Å². The minimum Gasteiger partial charge on any atom is -0.389 e. The molecule has 3 heteroatoms. The zero-order chi connectivity index (χ0) is 13.9. The molecule has 0 atom stereocenters. The normalized spacial score (nSPS) is 10.9. The molecule has 1 aromatic heterocycles. The largest absolute Gasteiger partial charge is 0.389 e. The van der Waals surface area contributed by atoms with Crippen molar-refractivity contribution in [2.75, 3.05) is 5.73 Å². The Bertz CT molecular complexity index is 650. The lowest BCUT2D eigenvalue weighted by atomic mass is 9.89. The van der Waals surface area contributed by atoms with E-state index in [2.05, 4.69) is 53.5 Å². The quantitative estimate of drug-likeness (QED) is 0.780. The second-order valence-corrected chi connectivity index (χ2v) is 5.97. The zero-order valence-corrected chi connectivity index (χ0v) is 12.1. The van der Waals surface area contributed by atoms with Crippen LogP contribution in [0.2, 0.25) is 0 Å². The van der Waals surface area contributed by atoms with Crippen LogP contribution in [0.4, 0.5) is 5.00 Å². The van der Waals surface area contributed by atoms with Gasteiger partial charge in [-0.05, 0) is 18.1 Å². The molecule has 100 valence electrons. The van der Waals surface area contributed by atoms with Crippen LogP contribution in [0.5, 0.6) is 0 Å². The summed E-state index contributed by atoms with van der Waals surface area (Å²) in [6.07, 6.45) is 0. The summed E-state index contributed by atoms with van der Waals surface area (Å²) in [6.45, 7) is 2.00. The van der Waals surface area contributed by atoms with E-state index in [1.54, 1.807) is 11.3 Å². The SMILES string of the molecule is Cc1nc(C(c2ccccc2)c2ccccc2)c(N)s1. The number of thiazole rings is 1. The highest BCUT2D eigenvalue weighted by atomic mass is 32.1. The molecule has 0 spiro atoms. The summed E-state index contributed by atoms with van der Waals surface area (Å²) in [5, 5.41) is 1.81. The summed E-state index contributed by atoms with van der Waals surface area (Å²) >= 11 is 1.55. The second kappa shape index (κ2) is 5.47. The maximum absolute atomic E-state index is 6.17.